The molecule has 0 radical (unpaired) electrons. The van der Waals surface area contributed by atoms with E-state index < -0.39 is 0 Å². The van der Waals surface area contributed by atoms with Gasteiger partial charge < -0.3 is 9.80 Å². The van der Waals surface area contributed by atoms with Gasteiger partial charge in [0.05, 0.1) is 0 Å². The van der Waals surface area contributed by atoms with Gasteiger partial charge in [0.2, 0.25) is 5.91 Å². The molecule has 1 aliphatic carbocycles. The summed E-state index contributed by atoms with van der Waals surface area (Å²) >= 11 is 0. The van der Waals surface area contributed by atoms with E-state index in [1.165, 1.54) is 25.7 Å². The van der Waals surface area contributed by atoms with Crippen LogP contribution in [0.15, 0.2) is 24.4 Å². The first kappa shape index (κ1) is 18.7. The number of pyridine rings is 1. The van der Waals surface area contributed by atoms with Crippen LogP contribution >= 0.6 is 0 Å². The zero-order valence-electron chi connectivity index (χ0n) is 16.7. The molecule has 0 aromatic carbocycles. The molecule has 0 spiro atoms. The van der Waals surface area contributed by atoms with Crippen LogP contribution in [-0.4, -0.2) is 66.5 Å². The highest BCUT2D eigenvalue weighted by molar-refractivity contribution is 5.76. The standard InChI is InChI=1S/C22H34N4O/c1-18(20-7-8-20)15-22(27)26-10-4-5-19(17-26)16-24-11-13-25(14-12-24)21-6-2-3-9-23-21/h2-3,6,9,18-20H,4-5,7-8,10-17H2,1H3/t18-,19-/m1/s1. The maximum absolute atomic E-state index is 12.7. The summed E-state index contributed by atoms with van der Waals surface area (Å²) in [5.41, 5.74) is 0. The number of nitrogens with zero attached hydrogens (tertiary/aromatic N) is 4. The van der Waals surface area contributed by atoms with Gasteiger partial charge in [0.25, 0.3) is 0 Å². The first-order valence-corrected chi connectivity index (χ1v) is 10.8. The van der Waals surface area contributed by atoms with Crippen LogP contribution in [0.2, 0.25) is 0 Å². The van der Waals surface area contributed by atoms with Gasteiger partial charge in [-0.1, -0.05) is 13.0 Å². The van der Waals surface area contributed by atoms with Crippen molar-refractivity contribution in [1.29, 1.82) is 0 Å². The van der Waals surface area contributed by atoms with Crippen molar-refractivity contribution >= 4 is 11.7 Å². The van der Waals surface area contributed by atoms with Crippen molar-refractivity contribution in [2.24, 2.45) is 17.8 Å². The molecule has 1 amide bonds. The molecule has 0 unspecified atom stereocenters. The molecule has 148 valence electrons. The molecule has 5 nitrogen and oxygen atoms in total. The molecule has 1 aromatic rings. The van der Waals surface area contributed by atoms with Crippen molar-refractivity contribution in [3.63, 3.8) is 0 Å². The van der Waals surface area contributed by atoms with Crippen LogP contribution in [0.1, 0.15) is 39.0 Å². The predicted molar refractivity (Wildman–Crippen MR) is 109 cm³/mol. The molecule has 3 heterocycles. The molecule has 2 saturated heterocycles. The number of piperidine rings is 1. The Morgan fingerprint density at radius 1 is 1.15 bits per heavy atom. The zero-order valence-corrected chi connectivity index (χ0v) is 16.7. The molecule has 0 N–H and O–H groups in total. The lowest BCUT2D eigenvalue weighted by Gasteiger charge is -2.40. The predicted octanol–water partition coefficient (Wildman–Crippen LogP) is 2.88. The summed E-state index contributed by atoms with van der Waals surface area (Å²) in [7, 11) is 0. The van der Waals surface area contributed by atoms with E-state index in [1.807, 2.05) is 12.3 Å². The van der Waals surface area contributed by atoms with E-state index in [0.717, 1.165) is 64.0 Å². The molecule has 3 aliphatic rings. The van der Waals surface area contributed by atoms with Gasteiger partial charge in [-0.05, 0) is 55.6 Å². The Morgan fingerprint density at radius 3 is 2.67 bits per heavy atom. The first-order valence-electron chi connectivity index (χ1n) is 10.8. The molecule has 0 bridgehead atoms. The second-order valence-electron chi connectivity index (χ2n) is 8.84. The largest absolute Gasteiger partial charge is 0.354 e. The van der Waals surface area contributed by atoms with Crippen LogP contribution in [-0.2, 0) is 4.79 Å². The van der Waals surface area contributed by atoms with Crippen molar-refractivity contribution < 1.29 is 4.79 Å². The number of hydrogen-bond donors (Lipinski definition) is 0. The first-order chi connectivity index (χ1) is 13.2. The average molecular weight is 371 g/mol. The molecule has 27 heavy (non-hydrogen) atoms. The Balaban J connectivity index is 1.22. The van der Waals surface area contributed by atoms with Gasteiger partial charge in [-0.2, -0.15) is 0 Å². The molecule has 1 saturated carbocycles. The van der Waals surface area contributed by atoms with Crippen LogP contribution in [0.5, 0.6) is 0 Å². The molecule has 2 atom stereocenters. The Morgan fingerprint density at radius 2 is 1.96 bits per heavy atom. The Kier molecular flexibility index (Phi) is 5.96. The van der Waals surface area contributed by atoms with E-state index in [0.29, 0.717) is 17.7 Å². The van der Waals surface area contributed by atoms with Crippen molar-refractivity contribution in [2.75, 3.05) is 50.7 Å². The molecular formula is C22H34N4O. The number of amides is 1. The van der Waals surface area contributed by atoms with Crippen molar-refractivity contribution in [3.8, 4) is 0 Å². The lowest BCUT2D eigenvalue weighted by atomic mass is 9.95. The third kappa shape index (κ3) is 5.01. The minimum absolute atomic E-state index is 0.402. The second-order valence-corrected chi connectivity index (χ2v) is 8.84. The van der Waals surface area contributed by atoms with Gasteiger partial charge in [0, 0.05) is 58.4 Å². The van der Waals surface area contributed by atoms with Crippen molar-refractivity contribution in [3.05, 3.63) is 24.4 Å². The molecule has 2 aliphatic heterocycles. The molecular weight excluding hydrogens is 336 g/mol. The highest BCUT2D eigenvalue weighted by atomic mass is 16.2. The highest BCUT2D eigenvalue weighted by Gasteiger charge is 2.32. The zero-order chi connectivity index (χ0) is 18.6. The Labute approximate surface area is 163 Å². The fourth-order valence-electron chi connectivity index (χ4n) is 4.74. The summed E-state index contributed by atoms with van der Waals surface area (Å²) < 4.78 is 0. The third-order valence-electron chi connectivity index (χ3n) is 6.66. The molecule has 5 heteroatoms. The summed E-state index contributed by atoms with van der Waals surface area (Å²) in [6.45, 7) is 9.63. The van der Waals surface area contributed by atoms with Crippen LogP contribution in [0.4, 0.5) is 5.82 Å². The van der Waals surface area contributed by atoms with Gasteiger partial charge in [-0.3, -0.25) is 9.69 Å². The van der Waals surface area contributed by atoms with Gasteiger partial charge in [0.15, 0.2) is 0 Å². The fraction of sp³-hybridized carbons (Fsp3) is 0.727. The maximum atomic E-state index is 12.7. The van der Waals surface area contributed by atoms with Crippen LogP contribution in [0.3, 0.4) is 0 Å². The molecule has 3 fully saturated rings. The minimum Gasteiger partial charge on any atom is -0.354 e. The maximum Gasteiger partial charge on any atom is 0.222 e. The number of anilines is 1. The average Bonchev–Trinajstić information content (AvgIpc) is 3.55. The lowest BCUT2D eigenvalue weighted by molar-refractivity contribution is -0.134. The third-order valence-corrected chi connectivity index (χ3v) is 6.66. The van der Waals surface area contributed by atoms with E-state index in [4.69, 9.17) is 0 Å². The van der Waals surface area contributed by atoms with E-state index in [2.05, 4.69) is 38.7 Å². The van der Waals surface area contributed by atoms with Crippen molar-refractivity contribution in [2.45, 2.75) is 39.0 Å². The molecule has 1 aromatic heterocycles. The van der Waals surface area contributed by atoms with Crippen LogP contribution < -0.4 is 4.90 Å². The summed E-state index contributed by atoms with van der Waals surface area (Å²) in [5.74, 6) is 3.54. The normalized spacial score (nSPS) is 25.4. The van der Waals surface area contributed by atoms with Gasteiger partial charge in [-0.15, -0.1) is 0 Å². The van der Waals surface area contributed by atoms with Crippen molar-refractivity contribution in [1.82, 2.24) is 14.8 Å². The number of hydrogen-bond acceptors (Lipinski definition) is 4. The smallest absolute Gasteiger partial charge is 0.222 e. The number of carbonyl (C=O) groups is 1. The second kappa shape index (κ2) is 8.59. The summed E-state index contributed by atoms with van der Waals surface area (Å²) in [6.07, 6.45) is 7.74. The number of rotatable bonds is 6. The summed E-state index contributed by atoms with van der Waals surface area (Å²) in [5, 5.41) is 0. The number of piperazine rings is 1. The molecule has 4 rings (SSSR count). The van der Waals surface area contributed by atoms with E-state index in [1.54, 1.807) is 0 Å². The van der Waals surface area contributed by atoms with E-state index in [-0.39, 0.29) is 0 Å². The van der Waals surface area contributed by atoms with Gasteiger partial charge >= 0.3 is 0 Å². The summed E-state index contributed by atoms with van der Waals surface area (Å²) in [4.78, 5) is 24.3. The SMILES string of the molecule is C[C@H](CC(=O)N1CCC[C@H](CN2CCN(c3ccccn3)CC2)C1)C1CC1. The van der Waals surface area contributed by atoms with Crippen LogP contribution in [0, 0.1) is 17.8 Å². The monoisotopic (exact) mass is 370 g/mol. The summed E-state index contributed by atoms with van der Waals surface area (Å²) in [6, 6.07) is 6.14. The number of carbonyl (C=O) groups excluding carboxylic acids is 1. The van der Waals surface area contributed by atoms with Crippen LogP contribution in [0.25, 0.3) is 0 Å². The van der Waals surface area contributed by atoms with Gasteiger partial charge in [0.1, 0.15) is 5.82 Å². The lowest BCUT2D eigenvalue weighted by Crippen LogP contribution is -2.50. The number of likely N-dealkylation sites (tertiary alicyclic amines) is 1. The van der Waals surface area contributed by atoms with E-state index >= 15 is 0 Å². The van der Waals surface area contributed by atoms with Gasteiger partial charge in [-0.25, -0.2) is 4.98 Å². The van der Waals surface area contributed by atoms with E-state index in [9.17, 15) is 4.79 Å². The Hall–Kier alpha value is -1.62. The minimum atomic E-state index is 0.402. The highest BCUT2D eigenvalue weighted by Crippen LogP contribution is 2.38. The topological polar surface area (TPSA) is 39.7 Å². The Bertz CT molecular complexity index is 610. The number of aromatic nitrogens is 1. The fourth-order valence-corrected chi connectivity index (χ4v) is 4.74. The quantitative estimate of drug-likeness (QED) is 0.772.